The number of rotatable bonds is 9. The molecular formula is C21H26F3N3O3. The van der Waals surface area contributed by atoms with Gasteiger partial charge in [0.2, 0.25) is 0 Å². The van der Waals surface area contributed by atoms with E-state index in [0.717, 1.165) is 18.9 Å². The zero-order chi connectivity index (χ0) is 22.1. The summed E-state index contributed by atoms with van der Waals surface area (Å²) in [6.45, 7) is 1.35. The van der Waals surface area contributed by atoms with Gasteiger partial charge in [0.15, 0.2) is 11.6 Å². The summed E-state index contributed by atoms with van der Waals surface area (Å²) >= 11 is 0. The minimum absolute atomic E-state index is 0.0188. The molecule has 1 saturated carbocycles. The maximum Gasteiger partial charge on any atom is 0.184 e. The van der Waals surface area contributed by atoms with Gasteiger partial charge in [-0.15, -0.1) is 0 Å². The van der Waals surface area contributed by atoms with Crippen LogP contribution >= 0.6 is 0 Å². The van der Waals surface area contributed by atoms with Crippen LogP contribution in [0, 0.1) is 24.4 Å². The fourth-order valence-electron chi connectivity index (χ4n) is 3.46. The van der Waals surface area contributed by atoms with Crippen LogP contribution in [0.3, 0.4) is 0 Å². The van der Waals surface area contributed by atoms with Crippen molar-refractivity contribution in [3.05, 3.63) is 47.3 Å². The maximum absolute atomic E-state index is 14.8. The number of benzene rings is 2. The maximum atomic E-state index is 14.8. The summed E-state index contributed by atoms with van der Waals surface area (Å²) in [5.41, 5.74) is 3.00. The van der Waals surface area contributed by atoms with Gasteiger partial charge in [0.25, 0.3) is 0 Å². The predicted octanol–water partition coefficient (Wildman–Crippen LogP) is 3.70. The van der Waals surface area contributed by atoms with E-state index in [1.165, 1.54) is 19.2 Å². The Balaban J connectivity index is 1.97. The summed E-state index contributed by atoms with van der Waals surface area (Å²) in [6.07, 6.45) is 0.890. The lowest BCUT2D eigenvalue weighted by atomic mass is 10.1. The van der Waals surface area contributed by atoms with Crippen LogP contribution in [0.15, 0.2) is 24.3 Å². The molecule has 3 rings (SSSR count). The van der Waals surface area contributed by atoms with Crippen molar-refractivity contribution in [2.45, 2.75) is 37.8 Å². The van der Waals surface area contributed by atoms with E-state index in [-0.39, 0.29) is 29.4 Å². The molecule has 1 unspecified atom stereocenters. The summed E-state index contributed by atoms with van der Waals surface area (Å²) in [5.74, 6) is -2.92. The number of aliphatic hydroxyl groups is 2. The van der Waals surface area contributed by atoms with Crippen LogP contribution in [0.2, 0.25) is 0 Å². The third kappa shape index (κ3) is 4.48. The number of nitrogens with zero attached hydrogens (tertiary/aromatic N) is 1. The molecule has 164 valence electrons. The van der Waals surface area contributed by atoms with Gasteiger partial charge in [0.1, 0.15) is 22.9 Å². The largest absolute Gasteiger partial charge is 0.494 e. The molecule has 1 atom stereocenters. The van der Waals surface area contributed by atoms with Gasteiger partial charge in [0, 0.05) is 18.7 Å². The average molecular weight is 425 g/mol. The highest BCUT2D eigenvalue weighted by Crippen LogP contribution is 2.47. The molecule has 0 heterocycles. The molecule has 1 aliphatic rings. The van der Waals surface area contributed by atoms with E-state index >= 15 is 0 Å². The molecule has 1 fully saturated rings. The van der Waals surface area contributed by atoms with Crippen molar-refractivity contribution < 1.29 is 28.1 Å². The van der Waals surface area contributed by atoms with E-state index in [4.69, 9.17) is 9.84 Å². The fourth-order valence-corrected chi connectivity index (χ4v) is 3.46. The zero-order valence-corrected chi connectivity index (χ0v) is 17.1. The molecule has 2 aromatic rings. The highest BCUT2D eigenvalue weighted by Gasteiger charge is 2.48. The Hall–Kier alpha value is -2.49. The molecule has 0 saturated heterocycles. The minimum atomic E-state index is -1.19. The number of hydrogen-bond donors (Lipinski definition) is 4. The highest BCUT2D eigenvalue weighted by molar-refractivity contribution is 5.80. The molecule has 9 heteroatoms. The molecule has 2 aromatic carbocycles. The second-order valence-electron chi connectivity index (χ2n) is 7.67. The molecule has 4 N–H and O–H groups in total. The molecular weight excluding hydrogens is 399 g/mol. The third-order valence-electron chi connectivity index (χ3n) is 5.43. The fraction of sp³-hybridized carbons (Fsp3) is 0.429. The number of anilines is 3. The quantitative estimate of drug-likeness (QED) is 0.459. The topological polar surface area (TPSA) is 77.0 Å². The predicted molar refractivity (Wildman–Crippen MR) is 108 cm³/mol. The van der Waals surface area contributed by atoms with E-state index in [0.29, 0.717) is 12.0 Å². The van der Waals surface area contributed by atoms with Gasteiger partial charge < -0.3 is 25.7 Å². The monoisotopic (exact) mass is 425 g/mol. The smallest absolute Gasteiger partial charge is 0.184 e. The van der Waals surface area contributed by atoms with Gasteiger partial charge >= 0.3 is 0 Å². The number of nitrogens with one attached hydrogen (secondary N) is 2. The normalized spacial score (nSPS) is 15.8. The Kier molecular flexibility index (Phi) is 6.44. The van der Waals surface area contributed by atoms with Gasteiger partial charge in [-0.3, -0.25) is 0 Å². The number of halogens is 3. The highest BCUT2D eigenvalue weighted by atomic mass is 19.2. The number of ether oxygens (including phenoxy) is 1. The van der Waals surface area contributed by atoms with Crippen molar-refractivity contribution in [2.24, 2.45) is 0 Å². The van der Waals surface area contributed by atoms with Crippen LogP contribution in [0.4, 0.5) is 30.2 Å². The molecule has 1 aliphatic carbocycles. The number of hydrogen-bond acceptors (Lipinski definition) is 6. The van der Waals surface area contributed by atoms with Crippen LogP contribution in [0.1, 0.15) is 24.8 Å². The zero-order valence-electron chi connectivity index (χ0n) is 17.1. The molecule has 0 amide bonds. The lowest BCUT2D eigenvalue weighted by Crippen LogP contribution is -2.41. The van der Waals surface area contributed by atoms with Gasteiger partial charge in [-0.25, -0.2) is 18.2 Å². The van der Waals surface area contributed by atoms with E-state index in [9.17, 15) is 18.3 Å². The lowest BCUT2D eigenvalue weighted by molar-refractivity contribution is 0.0596. The van der Waals surface area contributed by atoms with E-state index in [2.05, 4.69) is 10.7 Å². The van der Waals surface area contributed by atoms with Crippen LogP contribution in [0.5, 0.6) is 5.75 Å². The van der Waals surface area contributed by atoms with Gasteiger partial charge in [0.05, 0.1) is 25.5 Å². The van der Waals surface area contributed by atoms with Crippen molar-refractivity contribution in [3.63, 3.8) is 0 Å². The molecule has 0 aliphatic heterocycles. The standard InChI is InChI=1S/C21H26F3N3O3/c1-12-4-5-16(14(22)8-12)25-20-18(24)15(23)9-17(30-3)19(20)26-27(2)21(6-7-21)10-13(29)11-28/h4-5,8-9,13,25-26,28-29H,6-7,10-11H2,1-3H3. The molecule has 6 nitrogen and oxygen atoms in total. The summed E-state index contributed by atoms with van der Waals surface area (Å²) in [7, 11) is 3.02. The van der Waals surface area contributed by atoms with Gasteiger partial charge in [-0.1, -0.05) is 6.07 Å². The Bertz CT molecular complexity index is 922. The number of aliphatic hydroxyl groups excluding tert-OH is 2. The SMILES string of the molecule is COc1cc(F)c(F)c(Nc2ccc(C)cc2F)c1NN(C)C1(CC(O)CO)CC1. The first-order valence-electron chi connectivity index (χ1n) is 9.59. The Morgan fingerprint density at radius 3 is 2.43 bits per heavy atom. The molecule has 0 bridgehead atoms. The summed E-state index contributed by atoms with van der Waals surface area (Å²) in [4.78, 5) is 0. The molecule has 0 spiro atoms. The number of hydrazine groups is 1. The Labute approximate surface area is 173 Å². The van der Waals surface area contributed by atoms with Crippen molar-refractivity contribution in [1.29, 1.82) is 0 Å². The van der Waals surface area contributed by atoms with Crippen molar-refractivity contribution >= 4 is 17.1 Å². The van der Waals surface area contributed by atoms with Crippen molar-refractivity contribution in [1.82, 2.24) is 5.01 Å². The number of methoxy groups -OCH3 is 1. The van der Waals surface area contributed by atoms with Crippen LogP contribution in [-0.2, 0) is 0 Å². The van der Waals surface area contributed by atoms with Crippen LogP contribution in [0.25, 0.3) is 0 Å². The van der Waals surface area contributed by atoms with Gasteiger partial charge in [-0.2, -0.15) is 0 Å². The van der Waals surface area contributed by atoms with Crippen LogP contribution in [-0.4, -0.2) is 47.6 Å². The van der Waals surface area contributed by atoms with E-state index in [1.807, 2.05) is 0 Å². The summed E-state index contributed by atoms with van der Waals surface area (Å²) in [5, 5.41) is 23.3. The summed E-state index contributed by atoms with van der Waals surface area (Å²) < 4.78 is 48.5. The Morgan fingerprint density at radius 2 is 1.87 bits per heavy atom. The second-order valence-corrected chi connectivity index (χ2v) is 7.67. The average Bonchev–Trinajstić information content (AvgIpc) is 3.49. The molecule has 0 radical (unpaired) electrons. The molecule has 30 heavy (non-hydrogen) atoms. The summed E-state index contributed by atoms with van der Waals surface area (Å²) in [6, 6.07) is 5.28. The van der Waals surface area contributed by atoms with Gasteiger partial charge in [-0.05, 0) is 43.9 Å². The minimum Gasteiger partial charge on any atom is -0.494 e. The van der Waals surface area contributed by atoms with E-state index in [1.54, 1.807) is 25.0 Å². The first-order valence-corrected chi connectivity index (χ1v) is 9.59. The third-order valence-corrected chi connectivity index (χ3v) is 5.43. The first-order chi connectivity index (χ1) is 14.2. The first kappa shape index (κ1) is 22.2. The van der Waals surface area contributed by atoms with E-state index < -0.39 is 29.1 Å². The number of aryl methyl sites for hydroxylation is 1. The van der Waals surface area contributed by atoms with Crippen molar-refractivity contribution in [3.8, 4) is 5.75 Å². The second kappa shape index (κ2) is 8.71. The van der Waals surface area contributed by atoms with Crippen LogP contribution < -0.4 is 15.5 Å². The Morgan fingerprint density at radius 1 is 1.17 bits per heavy atom. The lowest BCUT2D eigenvalue weighted by Gasteiger charge is -2.32. The molecule has 0 aromatic heterocycles. The van der Waals surface area contributed by atoms with Crippen molar-refractivity contribution in [2.75, 3.05) is 31.5 Å².